The second-order valence-corrected chi connectivity index (χ2v) is 12.8. The number of pyridine rings is 1. The lowest BCUT2D eigenvalue weighted by Crippen LogP contribution is -2.38. The number of hydrogen-bond donors (Lipinski definition) is 2. The lowest BCUT2D eigenvalue weighted by molar-refractivity contribution is 0.392. The van der Waals surface area contributed by atoms with E-state index in [4.69, 9.17) is 14.2 Å². The summed E-state index contributed by atoms with van der Waals surface area (Å²) in [5, 5.41) is 11.6. The summed E-state index contributed by atoms with van der Waals surface area (Å²) in [6.45, 7) is 5.41. The summed E-state index contributed by atoms with van der Waals surface area (Å²) in [6, 6.07) is 13.6. The van der Waals surface area contributed by atoms with Crippen LogP contribution in [0.2, 0.25) is 0 Å². The molecule has 0 saturated carbocycles. The number of anilines is 1. The van der Waals surface area contributed by atoms with Crippen molar-refractivity contribution in [3.8, 4) is 22.9 Å². The van der Waals surface area contributed by atoms with Crippen LogP contribution in [0.25, 0.3) is 22.0 Å². The molecule has 1 aliphatic rings. The Bertz CT molecular complexity index is 1890. The SMILES string of the molecule is Cc1cc(CS(=O)(=O)Cc2c(F)ccc3c(Oc4ncccc4-c4ccnc(N[C@H]5CCCNC5)n4)c(C)ccc23)no1. The van der Waals surface area contributed by atoms with Gasteiger partial charge in [0, 0.05) is 42.0 Å². The number of ether oxygens (including phenoxy) is 1. The highest BCUT2D eigenvalue weighted by Crippen LogP contribution is 2.38. The molecule has 0 spiro atoms. The van der Waals surface area contributed by atoms with E-state index in [1.807, 2.05) is 13.0 Å². The second kappa shape index (κ2) is 12.1. The van der Waals surface area contributed by atoms with Crippen LogP contribution in [0.3, 0.4) is 0 Å². The number of aromatic nitrogens is 4. The van der Waals surface area contributed by atoms with Crippen molar-refractivity contribution in [1.82, 2.24) is 25.4 Å². The topological polar surface area (TPSA) is 132 Å². The third-order valence-electron chi connectivity index (χ3n) is 7.34. The van der Waals surface area contributed by atoms with E-state index in [0.717, 1.165) is 31.5 Å². The molecule has 6 rings (SSSR count). The first-order chi connectivity index (χ1) is 20.8. The monoisotopic (exact) mass is 602 g/mol. The first kappa shape index (κ1) is 28.7. The largest absolute Gasteiger partial charge is 0.437 e. The van der Waals surface area contributed by atoms with Gasteiger partial charge in [0.1, 0.15) is 17.3 Å². The Hall–Kier alpha value is -4.42. The zero-order chi connectivity index (χ0) is 30.0. The molecule has 0 radical (unpaired) electrons. The number of sulfone groups is 1. The maximum absolute atomic E-state index is 15.2. The van der Waals surface area contributed by atoms with Crippen molar-refractivity contribution in [3.63, 3.8) is 0 Å². The van der Waals surface area contributed by atoms with Crippen LogP contribution in [0.4, 0.5) is 10.3 Å². The van der Waals surface area contributed by atoms with Gasteiger partial charge in [0.15, 0.2) is 9.84 Å². The number of halogens is 1. The van der Waals surface area contributed by atoms with Crippen molar-refractivity contribution < 1.29 is 22.1 Å². The number of piperidine rings is 1. The lowest BCUT2D eigenvalue weighted by Gasteiger charge is -2.23. The van der Waals surface area contributed by atoms with Gasteiger partial charge in [-0.25, -0.2) is 27.8 Å². The zero-order valence-corrected chi connectivity index (χ0v) is 24.6. The van der Waals surface area contributed by atoms with Crippen LogP contribution in [-0.4, -0.2) is 47.7 Å². The Morgan fingerprint density at radius 3 is 2.72 bits per heavy atom. The van der Waals surface area contributed by atoms with E-state index in [9.17, 15) is 8.42 Å². The van der Waals surface area contributed by atoms with Crippen molar-refractivity contribution in [1.29, 1.82) is 0 Å². The minimum absolute atomic E-state index is 0.0625. The summed E-state index contributed by atoms with van der Waals surface area (Å²) in [7, 11) is -3.77. The van der Waals surface area contributed by atoms with Gasteiger partial charge in [-0.05, 0) is 74.5 Å². The van der Waals surface area contributed by atoms with Gasteiger partial charge in [-0.1, -0.05) is 17.3 Å². The van der Waals surface area contributed by atoms with Gasteiger partial charge < -0.3 is 19.9 Å². The Morgan fingerprint density at radius 2 is 1.93 bits per heavy atom. The standard InChI is InChI=1S/C31H31FN6O4S/c1-19-7-8-23-24(9-10-27(32)26(23)18-43(39,40)17-22-15-20(2)42-38-22)29(19)41-30-25(6-4-13-34-30)28-11-14-35-31(37-28)36-21-5-3-12-33-16-21/h4,6-11,13-15,21,33H,3,5,12,16-18H2,1-2H3,(H,35,36,37)/t21-/m0/s1. The van der Waals surface area contributed by atoms with Crippen LogP contribution >= 0.6 is 0 Å². The molecule has 0 unspecified atom stereocenters. The second-order valence-electron chi connectivity index (χ2n) is 10.7. The Kier molecular flexibility index (Phi) is 8.04. The van der Waals surface area contributed by atoms with Crippen molar-refractivity contribution in [2.24, 2.45) is 0 Å². The smallest absolute Gasteiger partial charge is 0.228 e. The molecule has 10 nitrogen and oxygen atoms in total. The molecular formula is C31H31FN6O4S. The third-order valence-corrected chi connectivity index (χ3v) is 8.81. The molecule has 0 amide bonds. The van der Waals surface area contributed by atoms with Gasteiger partial charge in [0.05, 0.1) is 28.5 Å². The van der Waals surface area contributed by atoms with Gasteiger partial charge in [-0.3, -0.25) is 0 Å². The summed E-state index contributed by atoms with van der Waals surface area (Å²) >= 11 is 0. The lowest BCUT2D eigenvalue weighted by atomic mass is 10.0. The van der Waals surface area contributed by atoms with Gasteiger partial charge in [0.25, 0.3) is 0 Å². The minimum Gasteiger partial charge on any atom is -0.437 e. The first-order valence-corrected chi connectivity index (χ1v) is 15.8. The molecule has 5 aromatic rings. The average molecular weight is 603 g/mol. The Morgan fingerprint density at radius 1 is 1.07 bits per heavy atom. The van der Waals surface area contributed by atoms with Crippen LogP contribution < -0.4 is 15.4 Å². The van der Waals surface area contributed by atoms with Gasteiger partial charge in [0.2, 0.25) is 11.8 Å². The van der Waals surface area contributed by atoms with Crippen LogP contribution in [0, 0.1) is 19.7 Å². The summed E-state index contributed by atoms with van der Waals surface area (Å²) < 4.78 is 52.7. The highest BCUT2D eigenvalue weighted by Gasteiger charge is 2.22. The molecule has 4 heterocycles. The number of aryl methyl sites for hydroxylation is 2. The summed E-state index contributed by atoms with van der Waals surface area (Å²) in [5.41, 5.74) is 2.39. The first-order valence-electron chi connectivity index (χ1n) is 14.0. The van der Waals surface area contributed by atoms with Crippen molar-refractivity contribution >= 4 is 26.6 Å². The minimum atomic E-state index is -3.77. The fraction of sp³-hybridized carbons (Fsp3) is 0.290. The molecule has 0 bridgehead atoms. The van der Waals surface area contributed by atoms with E-state index in [0.29, 0.717) is 45.4 Å². The van der Waals surface area contributed by atoms with Crippen molar-refractivity contribution in [3.05, 3.63) is 89.3 Å². The van der Waals surface area contributed by atoms with Crippen LogP contribution in [-0.2, 0) is 21.3 Å². The number of hydrogen-bond acceptors (Lipinski definition) is 10. The molecule has 1 aliphatic heterocycles. The van der Waals surface area contributed by atoms with E-state index in [1.165, 1.54) is 6.07 Å². The van der Waals surface area contributed by atoms with E-state index >= 15 is 4.39 Å². The molecule has 43 heavy (non-hydrogen) atoms. The third kappa shape index (κ3) is 6.50. The van der Waals surface area contributed by atoms with Gasteiger partial charge in [-0.2, -0.15) is 0 Å². The summed E-state index contributed by atoms with van der Waals surface area (Å²) in [6.07, 6.45) is 5.43. The molecule has 2 aromatic carbocycles. The number of benzene rings is 2. The van der Waals surface area contributed by atoms with Crippen LogP contribution in [0.15, 0.2) is 65.4 Å². The molecular weight excluding hydrogens is 571 g/mol. The number of nitrogens with zero attached hydrogens (tertiary/aromatic N) is 4. The predicted molar refractivity (Wildman–Crippen MR) is 161 cm³/mol. The summed E-state index contributed by atoms with van der Waals surface area (Å²) in [5.74, 6) is 0.292. The number of rotatable bonds is 9. The molecule has 3 aromatic heterocycles. The molecule has 1 saturated heterocycles. The predicted octanol–water partition coefficient (Wildman–Crippen LogP) is 5.51. The van der Waals surface area contributed by atoms with E-state index in [-0.39, 0.29) is 23.1 Å². The molecule has 1 atom stereocenters. The number of nitrogens with one attached hydrogen (secondary N) is 2. The molecule has 222 valence electrons. The molecule has 1 fully saturated rings. The Labute approximate surface area is 248 Å². The maximum Gasteiger partial charge on any atom is 0.228 e. The quantitative estimate of drug-likeness (QED) is 0.223. The molecule has 2 N–H and O–H groups in total. The highest BCUT2D eigenvalue weighted by molar-refractivity contribution is 7.89. The molecule has 12 heteroatoms. The molecule has 0 aliphatic carbocycles. The zero-order valence-electron chi connectivity index (χ0n) is 23.8. The normalized spacial score (nSPS) is 15.5. The van der Waals surface area contributed by atoms with Gasteiger partial charge in [-0.15, -0.1) is 0 Å². The highest BCUT2D eigenvalue weighted by atomic mass is 32.2. The average Bonchev–Trinajstić information content (AvgIpc) is 3.40. The van der Waals surface area contributed by atoms with Crippen LogP contribution in [0.5, 0.6) is 11.6 Å². The summed E-state index contributed by atoms with van der Waals surface area (Å²) in [4.78, 5) is 13.6. The van der Waals surface area contributed by atoms with Gasteiger partial charge >= 0.3 is 0 Å². The van der Waals surface area contributed by atoms with E-state index in [2.05, 4.69) is 25.8 Å². The number of fused-ring (bicyclic) bond motifs is 1. The Balaban J connectivity index is 1.33. The van der Waals surface area contributed by atoms with Crippen LogP contribution in [0.1, 0.15) is 35.4 Å². The van der Waals surface area contributed by atoms with Crippen molar-refractivity contribution in [2.75, 3.05) is 18.4 Å². The van der Waals surface area contributed by atoms with Crippen molar-refractivity contribution in [2.45, 2.75) is 44.2 Å². The van der Waals surface area contributed by atoms with E-state index in [1.54, 1.807) is 55.7 Å². The van der Waals surface area contributed by atoms with E-state index < -0.39 is 21.4 Å². The fourth-order valence-electron chi connectivity index (χ4n) is 5.29. The maximum atomic E-state index is 15.2. The fourth-order valence-corrected chi connectivity index (χ4v) is 6.71.